The first kappa shape index (κ1) is 25.1. The van der Waals surface area contributed by atoms with Crippen molar-refractivity contribution in [2.45, 2.75) is 0 Å². The molecule has 0 aliphatic carbocycles. The fourth-order valence-electron chi connectivity index (χ4n) is 7.20. The molecule has 0 radical (unpaired) electrons. The molecule has 0 saturated carbocycles. The summed E-state index contributed by atoms with van der Waals surface area (Å²) in [4.78, 5) is 15.2. The highest BCUT2D eigenvalue weighted by Gasteiger charge is 2.19. The van der Waals surface area contributed by atoms with Gasteiger partial charge in [-0.15, -0.1) is 0 Å². The number of hydrogen-bond acceptors (Lipinski definition) is 3. The minimum Gasteiger partial charge on any atom is -0.309 e. The van der Waals surface area contributed by atoms with Crippen molar-refractivity contribution in [3.8, 4) is 51.0 Å². The van der Waals surface area contributed by atoms with E-state index in [-0.39, 0.29) is 24.2 Å². The van der Waals surface area contributed by atoms with Crippen molar-refractivity contribution in [3.63, 3.8) is 0 Å². The summed E-state index contributed by atoms with van der Waals surface area (Å²) in [6.07, 6.45) is 0. The molecule has 0 amide bonds. The van der Waals surface area contributed by atoms with Crippen molar-refractivity contribution in [3.05, 3.63) is 182 Å². The molecule has 2 aromatic heterocycles. The Morgan fingerprint density at radius 3 is 1.75 bits per heavy atom. The van der Waals surface area contributed by atoms with Gasteiger partial charge in [0.1, 0.15) is 0 Å². The fourth-order valence-corrected chi connectivity index (χ4v) is 7.20. The third-order valence-electron chi connectivity index (χ3n) is 9.56. The first-order valence-corrected chi connectivity index (χ1v) is 16.9. The molecule has 0 atom stereocenters. The summed E-state index contributed by atoms with van der Waals surface area (Å²) in [6.45, 7) is 0. The lowest BCUT2D eigenvalue weighted by atomic mass is 9.97. The third-order valence-corrected chi connectivity index (χ3v) is 9.56. The van der Waals surface area contributed by atoms with Crippen LogP contribution in [-0.2, 0) is 0 Å². The largest absolute Gasteiger partial charge is 0.309 e. The lowest BCUT2D eigenvalue weighted by molar-refractivity contribution is 1.08. The molecule has 238 valence electrons. The highest BCUT2D eigenvalue weighted by atomic mass is 15.0. The van der Waals surface area contributed by atoms with Gasteiger partial charge in [0.05, 0.1) is 22.2 Å². The lowest BCUT2D eigenvalue weighted by Crippen LogP contribution is -2.02. The number of para-hydroxylation sites is 2. The van der Waals surface area contributed by atoms with Gasteiger partial charge >= 0.3 is 0 Å². The Labute approximate surface area is 300 Å². The van der Waals surface area contributed by atoms with Gasteiger partial charge in [0.25, 0.3) is 0 Å². The first-order valence-electron chi connectivity index (χ1n) is 18.9. The second-order valence-corrected chi connectivity index (χ2v) is 12.5. The topological polar surface area (TPSA) is 43.6 Å². The van der Waals surface area contributed by atoms with E-state index in [1.165, 1.54) is 12.1 Å². The quantitative estimate of drug-likeness (QED) is 0.185. The van der Waals surface area contributed by atoms with Crippen LogP contribution in [0, 0.1) is 0 Å². The average Bonchev–Trinajstić information content (AvgIpc) is 3.54. The molecule has 0 aliphatic rings. The van der Waals surface area contributed by atoms with Gasteiger partial charge in [0, 0.05) is 32.8 Å². The van der Waals surface area contributed by atoms with E-state index in [0.717, 1.165) is 55.0 Å². The molecular formula is C47H30N4. The Morgan fingerprint density at radius 1 is 0.392 bits per heavy atom. The summed E-state index contributed by atoms with van der Waals surface area (Å²) < 4.78 is 36.6. The zero-order valence-electron chi connectivity index (χ0n) is 31.3. The van der Waals surface area contributed by atoms with Gasteiger partial charge in [-0.3, -0.25) is 0 Å². The highest BCUT2D eigenvalue weighted by molar-refractivity contribution is 6.11. The van der Waals surface area contributed by atoms with E-state index in [2.05, 4.69) is 60.7 Å². The first-order chi connectivity index (χ1) is 26.9. The number of hydrogen-bond donors (Lipinski definition) is 0. The molecule has 8 aromatic carbocycles. The standard InChI is InChI=1S/C47H30N4/c1-3-14-31(15-4-1)35-23-13-18-33-30-34(26-27-36(33)35)46-48-45(32-16-5-2-6-17-32)49-47(50-46)41-28-29-44(38-20-8-7-19-37(38)41)51-42-24-11-9-21-39(42)40-22-10-12-25-43(40)51/h1-30H/i9D,10D,24D,25D. The van der Waals surface area contributed by atoms with Crippen LogP contribution in [0.2, 0.25) is 0 Å². The lowest BCUT2D eigenvalue weighted by Gasteiger charge is -2.15. The van der Waals surface area contributed by atoms with Crippen LogP contribution in [0.15, 0.2) is 182 Å². The van der Waals surface area contributed by atoms with E-state index in [1.54, 1.807) is 12.1 Å². The second kappa shape index (κ2) is 11.9. The van der Waals surface area contributed by atoms with Crippen molar-refractivity contribution >= 4 is 43.4 Å². The Morgan fingerprint density at radius 2 is 1.02 bits per heavy atom. The van der Waals surface area contributed by atoms with E-state index >= 15 is 0 Å². The normalized spacial score (nSPS) is 12.6. The van der Waals surface area contributed by atoms with Gasteiger partial charge in [-0.1, -0.05) is 152 Å². The number of fused-ring (bicyclic) bond motifs is 5. The molecule has 0 unspecified atom stereocenters. The molecule has 2 heterocycles. The van der Waals surface area contributed by atoms with Crippen LogP contribution in [-0.4, -0.2) is 19.5 Å². The summed E-state index contributed by atoms with van der Waals surface area (Å²) in [5.41, 5.74) is 6.83. The van der Waals surface area contributed by atoms with Crippen LogP contribution >= 0.6 is 0 Å². The smallest absolute Gasteiger partial charge is 0.164 e. The van der Waals surface area contributed by atoms with E-state index in [9.17, 15) is 0 Å². The van der Waals surface area contributed by atoms with Crippen LogP contribution in [0.1, 0.15) is 5.48 Å². The summed E-state index contributed by atoms with van der Waals surface area (Å²) in [7, 11) is 0. The SMILES string of the molecule is [2H]c1cc([2H])c2c(c1)c1cc([2H])cc([2H])c1n2-c1ccc(-c2nc(-c3ccccc3)nc(-c3ccc4c(-c5ccccc5)cccc4c3)n2)c2ccccc12. The summed E-state index contributed by atoms with van der Waals surface area (Å²) >= 11 is 0. The molecule has 0 spiro atoms. The molecule has 10 rings (SSSR count). The van der Waals surface area contributed by atoms with Gasteiger partial charge in [0.2, 0.25) is 0 Å². The minimum absolute atomic E-state index is 0.179. The zero-order valence-corrected chi connectivity index (χ0v) is 27.3. The number of rotatable bonds is 5. The Bertz CT molecular complexity index is 3080. The van der Waals surface area contributed by atoms with Crippen LogP contribution in [0.5, 0.6) is 0 Å². The summed E-state index contributed by atoms with van der Waals surface area (Å²) in [5.74, 6) is 1.64. The van der Waals surface area contributed by atoms with Gasteiger partial charge < -0.3 is 4.57 Å². The maximum absolute atomic E-state index is 8.98. The van der Waals surface area contributed by atoms with E-state index in [1.807, 2.05) is 77.4 Å². The molecule has 0 saturated heterocycles. The molecule has 0 aliphatic heterocycles. The second-order valence-electron chi connectivity index (χ2n) is 12.5. The maximum atomic E-state index is 8.98. The van der Waals surface area contributed by atoms with Crippen molar-refractivity contribution in [1.29, 1.82) is 0 Å². The Hall–Kier alpha value is -6.91. The number of benzene rings is 8. The molecule has 0 fully saturated rings. The van der Waals surface area contributed by atoms with Gasteiger partial charge in [0.15, 0.2) is 17.5 Å². The van der Waals surface area contributed by atoms with E-state index in [4.69, 9.17) is 20.4 Å². The fraction of sp³-hybridized carbons (Fsp3) is 0. The molecular weight excluding hydrogens is 621 g/mol. The highest BCUT2D eigenvalue weighted by Crippen LogP contribution is 2.38. The van der Waals surface area contributed by atoms with Crippen molar-refractivity contribution in [2.75, 3.05) is 0 Å². The van der Waals surface area contributed by atoms with Crippen LogP contribution in [0.25, 0.3) is 94.3 Å². The molecule has 4 heteroatoms. The summed E-state index contributed by atoms with van der Waals surface area (Å²) in [5, 5.41) is 5.34. The summed E-state index contributed by atoms with van der Waals surface area (Å²) in [6, 6.07) is 52.3. The molecule has 10 aromatic rings. The van der Waals surface area contributed by atoms with E-state index in [0.29, 0.717) is 39.3 Å². The van der Waals surface area contributed by atoms with Gasteiger partial charge in [-0.25, -0.2) is 15.0 Å². The number of nitrogens with zero attached hydrogens (tertiary/aromatic N) is 4. The molecule has 4 nitrogen and oxygen atoms in total. The van der Waals surface area contributed by atoms with Gasteiger partial charge in [-0.2, -0.15) is 0 Å². The van der Waals surface area contributed by atoms with Crippen molar-refractivity contribution in [2.24, 2.45) is 0 Å². The minimum atomic E-state index is 0.179. The van der Waals surface area contributed by atoms with E-state index < -0.39 is 0 Å². The van der Waals surface area contributed by atoms with Crippen LogP contribution in [0.4, 0.5) is 0 Å². The maximum Gasteiger partial charge on any atom is 0.164 e. The predicted molar refractivity (Wildman–Crippen MR) is 211 cm³/mol. The molecule has 51 heavy (non-hydrogen) atoms. The van der Waals surface area contributed by atoms with Crippen LogP contribution < -0.4 is 0 Å². The average molecular weight is 655 g/mol. The molecule has 0 N–H and O–H groups in total. The Kier molecular flexibility index (Phi) is 5.86. The number of aromatic nitrogens is 4. The van der Waals surface area contributed by atoms with Crippen molar-refractivity contribution in [1.82, 2.24) is 19.5 Å². The van der Waals surface area contributed by atoms with Crippen LogP contribution in [0.3, 0.4) is 0 Å². The van der Waals surface area contributed by atoms with Crippen molar-refractivity contribution < 1.29 is 5.48 Å². The Balaban J connectivity index is 1.20. The monoisotopic (exact) mass is 654 g/mol. The molecule has 0 bridgehead atoms. The van der Waals surface area contributed by atoms with Gasteiger partial charge in [-0.05, 0) is 57.6 Å². The third kappa shape index (κ3) is 4.88. The zero-order chi connectivity index (χ0) is 37.2. The predicted octanol–water partition coefficient (Wildman–Crippen LogP) is 11.9.